The third kappa shape index (κ3) is 25.3. The Kier molecular flexibility index (Phi) is 35.4. The molecule has 1 unspecified atom stereocenters. The maximum absolute atomic E-state index is 5.90. The standard InChI is InChI=1S/C20H30O4.C15H32O5Si.C12H22O3.C11H22O2.C6H10O2/c1-3-19(13-23-14-19)11-21-9-17-5-7-18(8-6-17)10-22-12-20(4-2)15-24-16-20;1-5-15(13-17-14-15)12-16-10-9-11-21(18-6-2,19-7-3)20-8-4;1-3-11(5-13-6-11)9-15-10-12(4-2)7-14-8-12;1-3-5-6-10(4-2)7-13-11-8-12-9-11;1-2-7-3-6-4-8-5-6/h5-8H,3-4,9-16H2,1-2H3;5-14H2,1-4H3;3-10H2,1-2H3;10-11H,3-9H2,1-2H3;2,6H,1,3-5H2. The largest absolute Gasteiger partial charge is 0.501 e. The van der Waals surface area contributed by atoms with Gasteiger partial charge in [-0.25, -0.2) is 0 Å². The molecular weight excluding hydrogens is 1050 g/mol. The zero-order valence-electron chi connectivity index (χ0n) is 52.7. The second kappa shape index (κ2) is 40.0. The second-order valence-electron chi connectivity index (χ2n) is 24.0. The molecule has 7 fully saturated rings. The molecule has 7 saturated heterocycles. The van der Waals surface area contributed by atoms with E-state index in [9.17, 15) is 0 Å². The van der Waals surface area contributed by atoms with Crippen LogP contribution in [-0.4, -0.2) is 180 Å². The van der Waals surface area contributed by atoms with Gasteiger partial charge in [-0.05, 0) is 82.8 Å². The van der Waals surface area contributed by atoms with Gasteiger partial charge in [0.15, 0.2) is 0 Å². The first-order chi connectivity index (χ1) is 39.4. The smallest absolute Gasteiger partial charge is 0.501 e. The fourth-order valence-electron chi connectivity index (χ4n) is 9.63. The molecule has 472 valence electrons. The predicted octanol–water partition coefficient (Wildman–Crippen LogP) is 11.7. The van der Waals surface area contributed by atoms with E-state index in [0.717, 1.165) is 196 Å². The molecule has 1 aromatic rings. The Hall–Kier alpha value is -1.62. The van der Waals surface area contributed by atoms with Crippen molar-refractivity contribution in [3.8, 4) is 0 Å². The van der Waals surface area contributed by atoms with Crippen LogP contribution in [0.5, 0.6) is 0 Å². The van der Waals surface area contributed by atoms with Crippen LogP contribution in [0.2, 0.25) is 6.04 Å². The number of hydrogen-bond acceptors (Lipinski definition) is 16. The van der Waals surface area contributed by atoms with Crippen molar-refractivity contribution in [1.82, 2.24) is 0 Å². The highest BCUT2D eigenvalue weighted by Crippen LogP contribution is 2.36. The summed E-state index contributed by atoms with van der Waals surface area (Å²) in [5.74, 6) is 1.38. The van der Waals surface area contributed by atoms with E-state index in [1.165, 1.54) is 43.1 Å². The fourth-order valence-corrected chi connectivity index (χ4v) is 12.2. The van der Waals surface area contributed by atoms with Gasteiger partial charge in [-0.3, -0.25) is 0 Å². The van der Waals surface area contributed by atoms with Crippen molar-refractivity contribution in [3.63, 3.8) is 0 Å². The Labute approximate surface area is 492 Å². The maximum Gasteiger partial charge on any atom is 0.501 e. The van der Waals surface area contributed by atoms with Crippen LogP contribution in [-0.2, 0) is 88.1 Å². The molecule has 8 rings (SSSR count). The lowest BCUT2D eigenvalue weighted by molar-refractivity contribution is -0.187. The molecule has 0 aromatic heterocycles. The van der Waals surface area contributed by atoms with Crippen molar-refractivity contribution in [2.24, 2.45) is 38.9 Å². The van der Waals surface area contributed by atoms with Gasteiger partial charge in [-0.1, -0.05) is 98.6 Å². The first-order valence-corrected chi connectivity index (χ1v) is 33.5. The molecule has 1 aromatic carbocycles. The summed E-state index contributed by atoms with van der Waals surface area (Å²) < 4.78 is 88.1. The Balaban J connectivity index is 0.000000227. The topological polar surface area (TPSA) is 148 Å². The zero-order valence-corrected chi connectivity index (χ0v) is 53.7. The molecule has 0 N–H and O–H groups in total. The molecule has 0 spiro atoms. The highest BCUT2D eigenvalue weighted by atomic mass is 28.4. The summed E-state index contributed by atoms with van der Waals surface area (Å²) in [7, 11) is -2.50. The summed E-state index contributed by atoms with van der Waals surface area (Å²) >= 11 is 0. The number of hydrogen-bond donors (Lipinski definition) is 0. The summed E-state index contributed by atoms with van der Waals surface area (Å²) in [6.07, 6.45) is 13.6. The molecule has 7 aliphatic heterocycles. The number of unbranched alkanes of at least 4 members (excludes halogenated alkanes) is 1. The third-order valence-corrected chi connectivity index (χ3v) is 20.3. The summed E-state index contributed by atoms with van der Waals surface area (Å²) in [4.78, 5) is 0. The Morgan fingerprint density at radius 3 is 1.21 bits per heavy atom. The van der Waals surface area contributed by atoms with Gasteiger partial charge in [0.05, 0.1) is 152 Å². The second-order valence-corrected chi connectivity index (χ2v) is 26.7. The molecule has 0 saturated carbocycles. The van der Waals surface area contributed by atoms with E-state index in [2.05, 4.69) is 79.3 Å². The predicted molar refractivity (Wildman–Crippen MR) is 319 cm³/mol. The van der Waals surface area contributed by atoms with Crippen molar-refractivity contribution in [1.29, 1.82) is 0 Å². The molecule has 1 atom stereocenters. The van der Waals surface area contributed by atoms with Crippen molar-refractivity contribution >= 4 is 8.80 Å². The number of ether oxygens (including phenoxy) is 13. The van der Waals surface area contributed by atoms with Crippen molar-refractivity contribution in [2.75, 3.05) is 165 Å². The summed E-state index contributed by atoms with van der Waals surface area (Å²) in [5.41, 5.74) is 3.83. The lowest BCUT2D eigenvalue weighted by atomic mass is 9.83. The summed E-state index contributed by atoms with van der Waals surface area (Å²) in [6.45, 7) is 46.5. The highest BCUT2D eigenvalue weighted by Gasteiger charge is 2.43. The number of rotatable bonds is 39. The van der Waals surface area contributed by atoms with E-state index < -0.39 is 8.80 Å². The van der Waals surface area contributed by atoms with Gasteiger partial charge in [0.25, 0.3) is 0 Å². The first kappa shape index (κ1) is 71.9. The van der Waals surface area contributed by atoms with Crippen LogP contribution < -0.4 is 0 Å². The molecule has 7 aliphatic rings. The van der Waals surface area contributed by atoms with E-state index in [-0.39, 0.29) is 16.2 Å². The minimum atomic E-state index is -2.50. The molecule has 81 heavy (non-hydrogen) atoms. The molecule has 0 bridgehead atoms. The van der Waals surface area contributed by atoms with Crippen LogP contribution in [0.3, 0.4) is 0 Å². The molecule has 0 radical (unpaired) electrons. The van der Waals surface area contributed by atoms with Gasteiger partial charge in [0, 0.05) is 72.1 Å². The Morgan fingerprint density at radius 1 is 0.519 bits per heavy atom. The van der Waals surface area contributed by atoms with E-state index in [0.29, 0.717) is 55.9 Å². The Morgan fingerprint density at radius 2 is 0.914 bits per heavy atom. The minimum Gasteiger partial charge on any atom is -0.501 e. The minimum absolute atomic E-state index is 0.258. The maximum atomic E-state index is 5.90. The molecule has 16 nitrogen and oxygen atoms in total. The lowest BCUT2D eigenvalue weighted by Gasteiger charge is -2.44. The van der Waals surface area contributed by atoms with Gasteiger partial charge < -0.3 is 74.9 Å². The van der Waals surface area contributed by atoms with Crippen molar-refractivity contribution in [3.05, 3.63) is 48.2 Å². The highest BCUT2D eigenvalue weighted by molar-refractivity contribution is 6.60. The van der Waals surface area contributed by atoms with Gasteiger partial charge in [0.2, 0.25) is 0 Å². The average molecular weight is 1170 g/mol. The number of benzene rings is 1. The molecule has 0 amide bonds. The van der Waals surface area contributed by atoms with Crippen LogP contribution in [0, 0.1) is 38.9 Å². The normalized spacial score (nSPS) is 20.9. The van der Waals surface area contributed by atoms with Gasteiger partial charge >= 0.3 is 8.80 Å². The fraction of sp³-hybridized carbons (Fsp3) is 0.875. The monoisotopic (exact) mass is 1170 g/mol. The van der Waals surface area contributed by atoms with E-state index in [1.807, 2.05) is 20.8 Å². The van der Waals surface area contributed by atoms with Crippen molar-refractivity contribution < 1.29 is 74.9 Å². The zero-order chi connectivity index (χ0) is 58.6. The van der Waals surface area contributed by atoms with Crippen LogP contribution in [0.15, 0.2) is 37.1 Å². The SMILES string of the molecule is C=COCC1COC1.CCC1(COCC2(CC)COC2)COC1.CCC1(COCc2ccc(COCC3(CC)COC3)cc2)COC1.CCCCC(CC)COC1COC1.CCO[Si](CCCOCC1(CC)COC1)(OCC)OCC. The summed E-state index contributed by atoms with van der Waals surface area (Å²) in [6, 6.07) is 9.36. The molecular formula is C64H116O16Si. The van der Waals surface area contributed by atoms with E-state index in [4.69, 9.17) is 74.9 Å². The van der Waals surface area contributed by atoms with Crippen molar-refractivity contribution in [2.45, 2.75) is 159 Å². The van der Waals surface area contributed by atoms with Gasteiger partial charge in [-0.15, -0.1) is 0 Å². The molecule has 7 heterocycles. The van der Waals surface area contributed by atoms with Crippen LogP contribution in [0.1, 0.15) is 145 Å². The first-order valence-electron chi connectivity index (χ1n) is 31.6. The molecule has 0 aliphatic carbocycles. The Bertz CT molecular complexity index is 1600. The quantitative estimate of drug-likeness (QED) is 0.0349. The van der Waals surface area contributed by atoms with Crippen LogP contribution >= 0.6 is 0 Å². The average Bonchev–Trinajstić information content (AvgIpc) is 3.44. The van der Waals surface area contributed by atoms with E-state index >= 15 is 0 Å². The van der Waals surface area contributed by atoms with Gasteiger partial charge in [-0.2, -0.15) is 0 Å². The van der Waals surface area contributed by atoms with Crippen LogP contribution in [0.4, 0.5) is 0 Å². The van der Waals surface area contributed by atoms with E-state index in [1.54, 1.807) is 0 Å². The van der Waals surface area contributed by atoms with Gasteiger partial charge in [0.1, 0.15) is 6.10 Å². The third-order valence-electron chi connectivity index (χ3n) is 17.2. The summed E-state index contributed by atoms with van der Waals surface area (Å²) in [5, 5.41) is 0. The van der Waals surface area contributed by atoms with Crippen LogP contribution in [0.25, 0.3) is 0 Å². The molecule has 17 heteroatoms. The lowest BCUT2D eigenvalue weighted by Crippen LogP contribution is -2.49.